The zero-order chi connectivity index (χ0) is 11.3. The minimum atomic E-state index is -1.20. The molecule has 0 N–H and O–H groups in total. The number of ether oxygens (including phenoxy) is 2. The molecule has 5 heteroatoms. The Hall–Kier alpha value is -1.55. The zero-order valence-electron chi connectivity index (χ0n) is 8.03. The summed E-state index contributed by atoms with van der Waals surface area (Å²) in [7, 11) is 0. The minimum absolute atomic E-state index is 0.0513. The Morgan fingerprint density at radius 3 is 2.60 bits per heavy atom. The highest BCUT2D eigenvalue weighted by atomic mass is 35.5. The lowest BCUT2D eigenvalue weighted by Gasteiger charge is -2.05. The quantitative estimate of drug-likeness (QED) is 0.444. The van der Waals surface area contributed by atoms with Crippen LogP contribution in [0.4, 0.5) is 9.59 Å². The van der Waals surface area contributed by atoms with Crippen LogP contribution in [0.15, 0.2) is 24.3 Å². The molecule has 1 aromatic carbocycles. The van der Waals surface area contributed by atoms with E-state index in [4.69, 9.17) is 11.6 Å². The number of hydrogen-bond acceptors (Lipinski definition) is 4. The third-order valence-electron chi connectivity index (χ3n) is 1.77. The van der Waals surface area contributed by atoms with Crippen LogP contribution in [0.5, 0.6) is 0 Å². The molecule has 1 aromatic rings. The molecule has 0 aliphatic rings. The first-order valence-electron chi connectivity index (χ1n) is 4.18. The second-order valence-electron chi connectivity index (χ2n) is 2.80. The fourth-order valence-electron chi connectivity index (χ4n) is 1.00. The summed E-state index contributed by atoms with van der Waals surface area (Å²) in [6.07, 6.45) is -1.10. The van der Waals surface area contributed by atoms with Crippen LogP contribution in [0.2, 0.25) is 0 Å². The van der Waals surface area contributed by atoms with Crippen molar-refractivity contribution in [2.24, 2.45) is 0 Å². The van der Waals surface area contributed by atoms with Crippen molar-refractivity contribution in [3.63, 3.8) is 0 Å². The van der Waals surface area contributed by atoms with E-state index in [9.17, 15) is 9.59 Å². The number of aryl methyl sites for hydroxylation is 1. The molecule has 0 aliphatic carbocycles. The molecular formula is C10H9ClO4. The van der Waals surface area contributed by atoms with Gasteiger partial charge in [0, 0.05) is 11.6 Å². The molecule has 0 amide bonds. The molecule has 0 heterocycles. The van der Waals surface area contributed by atoms with Crippen molar-refractivity contribution in [3.8, 4) is 0 Å². The Balaban J connectivity index is 2.47. The molecule has 0 aromatic heterocycles. The molecule has 0 radical (unpaired) electrons. The van der Waals surface area contributed by atoms with Crippen molar-refractivity contribution < 1.29 is 19.1 Å². The van der Waals surface area contributed by atoms with Gasteiger partial charge in [0.05, 0.1) is 0 Å². The Morgan fingerprint density at radius 2 is 2.00 bits per heavy atom. The summed E-state index contributed by atoms with van der Waals surface area (Å²) < 4.78 is 8.63. The van der Waals surface area contributed by atoms with Gasteiger partial charge in [-0.1, -0.05) is 24.3 Å². The maximum atomic E-state index is 10.8. The molecule has 0 saturated carbocycles. The normalized spacial score (nSPS) is 9.47. The highest BCUT2D eigenvalue weighted by Crippen LogP contribution is 2.08. The summed E-state index contributed by atoms with van der Waals surface area (Å²) in [5, 5.41) is 0. The smallest absolute Gasteiger partial charge is 0.429 e. The molecule has 15 heavy (non-hydrogen) atoms. The lowest BCUT2D eigenvalue weighted by molar-refractivity contribution is 0.0772. The van der Waals surface area contributed by atoms with Crippen LogP contribution in [-0.2, 0) is 16.1 Å². The van der Waals surface area contributed by atoms with Crippen LogP contribution in [0.1, 0.15) is 11.1 Å². The Labute approximate surface area is 91.7 Å². The first-order valence-corrected chi connectivity index (χ1v) is 4.56. The maximum Gasteiger partial charge on any atom is 0.517 e. The largest absolute Gasteiger partial charge is 0.517 e. The summed E-state index contributed by atoms with van der Waals surface area (Å²) in [6, 6.07) is 7.39. The summed E-state index contributed by atoms with van der Waals surface area (Å²) in [4.78, 5) is 21.0. The van der Waals surface area contributed by atoms with Crippen LogP contribution >= 0.6 is 11.6 Å². The van der Waals surface area contributed by atoms with E-state index in [1.807, 2.05) is 31.2 Å². The van der Waals surface area contributed by atoms with Crippen LogP contribution < -0.4 is 0 Å². The molecule has 0 saturated heterocycles. The molecule has 80 valence electrons. The van der Waals surface area contributed by atoms with Gasteiger partial charge in [-0.2, -0.15) is 0 Å². The molecule has 1 rings (SSSR count). The van der Waals surface area contributed by atoms with Gasteiger partial charge in [0.1, 0.15) is 6.61 Å². The van der Waals surface area contributed by atoms with E-state index in [0.717, 1.165) is 11.1 Å². The summed E-state index contributed by atoms with van der Waals surface area (Å²) in [5.41, 5.74) is 0.628. The zero-order valence-corrected chi connectivity index (χ0v) is 8.78. The summed E-state index contributed by atoms with van der Waals surface area (Å²) >= 11 is 4.82. The molecule has 0 aliphatic heterocycles. The lowest BCUT2D eigenvalue weighted by Crippen LogP contribution is -2.09. The summed E-state index contributed by atoms with van der Waals surface area (Å²) in [6.45, 7) is 1.94. The molecule has 0 bridgehead atoms. The van der Waals surface area contributed by atoms with E-state index in [1.54, 1.807) is 0 Å². The Kier molecular flexibility index (Phi) is 4.12. The minimum Gasteiger partial charge on any atom is -0.429 e. The molecule has 0 atom stereocenters. The first kappa shape index (κ1) is 11.5. The van der Waals surface area contributed by atoms with E-state index in [-0.39, 0.29) is 6.61 Å². The van der Waals surface area contributed by atoms with E-state index in [1.165, 1.54) is 0 Å². The van der Waals surface area contributed by atoms with E-state index in [0.29, 0.717) is 0 Å². The van der Waals surface area contributed by atoms with Gasteiger partial charge in [0.2, 0.25) is 0 Å². The van der Waals surface area contributed by atoms with Crippen LogP contribution in [0.3, 0.4) is 0 Å². The molecular weight excluding hydrogens is 220 g/mol. The van der Waals surface area contributed by atoms with Gasteiger partial charge in [0.25, 0.3) is 0 Å². The highest BCUT2D eigenvalue weighted by Gasteiger charge is 2.09. The van der Waals surface area contributed by atoms with Crippen molar-refractivity contribution >= 4 is 23.2 Å². The number of halogens is 1. The number of hydrogen-bond donors (Lipinski definition) is 0. The predicted octanol–water partition coefficient (Wildman–Crippen LogP) is 3.01. The predicted molar refractivity (Wildman–Crippen MR) is 53.7 cm³/mol. The van der Waals surface area contributed by atoms with Crippen molar-refractivity contribution in [1.29, 1.82) is 0 Å². The van der Waals surface area contributed by atoms with Gasteiger partial charge in [-0.05, 0) is 18.1 Å². The topological polar surface area (TPSA) is 52.6 Å². The third-order valence-corrected chi connectivity index (χ3v) is 1.85. The van der Waals surface area contributed by atoms with Crippen molar-refractivity contribution in [1.82, 2.24) is 0 Å². The number of rotatable bonds is 2. The summed E-state index contributed by atoms with van der Waals surface area (Å²) in [5.74, 6) is 0. The van der Waals surface area contributed by atoms with Gasteiger partial charge in [-0.3, -0.25) is 0 Å². The second kappa shape index (κ2) is 5.36. The first-order chi connectivity index (χ1) is 7.09. The fraction of sp³-hybridized carbons (Fsp3) is 0.200. The van der Waals surface area contributed by atoms with Crippen LogP contribution in [-0.4, -0.2) is 11.6 Å². The van der Waals surface area contributed by atoms with E-state index in [2.05, 4.69) is 9.47 Å². The molecule has 0 fully saturated rings. The standard InChI is InChI=1S/C10H9ClO4/c1-7-4-2-3-5-8(7)6-14-10(13)15-9(11)12/h2-5H,6H2,1H3. The SMILES string of the molecule is Cc1ccccc1COC(=O)OC(=O)Cl. The average molecular weight is 229 g/mol. The highest BCUT2D eigenvalue weighted by molar-refractivity contribution is 6.61. The van der Waals surface area contributed by atoms with Crippen LogP contribution in [0.25, 0.3) is 0 Å². The Morgan fingerprint density at radius 1 is 1.33 bits per heavy atom. The van der Waals surface area contributed by atoms with Crippen molar-refractivity contribution in [3.05, 3.63) is 35.4 Å². The van der Waals surface area contributed by atoms with Gasteiger partial charge in [0.15, 0.2) is 0 Å². The average Bonchev–Trinajstić information content (AvgIpc) is 2.15. The molecule has 0 unspecified atom stereocenters. The van der Waals surface area contributed by atoms with Crippen LogP contribution in [0, 0.1) is 6.92 Å². The second-order valence-corrected chi connectivity index (χ2v) is 3.11. The number of carbonyl (C=O) groups is 2. The van der Waals surface area contributed by atoms with E-state index >= 15 is 0 Å². The third kappa shape index (κ3) is 3.99. The van der Waals surface area contributed by atoms with Crippen molar-refractivity contribution in [2.45, 2.75) is 13.5 Å². The molecule has 4 nitrogen and oxygen atoms in total. The van der Waals surface area contributed by atoms with Gasteiger partial charge >= 0.3 is 11.6 Å². The fourth-order valence-corrected chi connectivity index (χ4v) is 1.07. The monoisotopic (exact) mass is 228 g/mol. The van der Waals surface area contributed by atoms with Gasteiger partial charge < -0.3 is 9.47 Å². The lowest BCUT2D eigenvalue weighted by atomic mass is 10.1. The van der Waals surface area contributed by atoms with E-state index < -0.39 is 11.6 Å². The van der Waals surface area contributed by atoms with Gasteiger partial charge in [-0.15, -0.1) is 0 Å². The molecule has 0 spiro atoms. The Bertz CT molecular complexity index is 375. The van der Waals surface area contributed by atoms with Gasteiger partial charge in [-0.25, -0.2) is 9.59 Å². The number of benzene rings is 1. The number of carbonyl (C=O) groups excluding carboxylic acids is 2. The van der Waals surface area contributed by atoms with Crippen molar-refractivity contribution in [2.75, 3.05) is 0 Å². The maximum absolute atomic E-state index is 10.8.